The molecule has 0 amide bonds. The van der Waals surface area contributed by atoms with Gasteiger partial charge in [0.05, 0.1) is 0 Å². The zero-order valence-electron chi connectivity index (χ0n) is 5.42. The Morgan fingerprint density at radius 1 is 1.18 bits per heavy atom. The fraction of sp³-hybridized carbons (Fsp3) is 1.00. The summed E-state index contributed by atoms with van der Waals surface area (Å²) in [4.78, 5) is 0. The Morgan fingerprint density at radius 3 is 1.73 bits per heavy atom. The van der Waals surface area contributed by atoms with Gasteiger partial charge in [0.15, 0.2) is 0 Å². The van der Waals surface area contributed by atoms with Crippen LogP contribution in [0.3, 0.4) is 0 Å². The van der Waals surface area contributed by atoms with Crippen molar-refractivity contribution >= 4 is 0 Å². The van der Waals surface area contributed by atoms with Crippen molar-refractivity contribution in [1.82, 2.24) is 0 Å². The van der Waals surface area contributed by atoms with E-state index >= 15 is 0 Å². The standard InChI is InChI=1S/C4H4F5O.Rf/c1-10-3(6,2-5)4(7,8)9;/h1-2H2;. The Labute approximate surface area is 53.8 Å². The summed E-state index contributed by atoms with van der Waals surface area (Å²) in [6, 6.07) is 0. The zero-order valence-corrected chi connectivity index (χ0v) is 11.8. The summed E-state index contributed by atoms with van der Waals surface area (Å²) in [6.07, 6.45) is -5.27. The van der Waals surface area contributed by atoms with Crippen LogP contribution in [0.5, 0.6) is 0 Å². The maximum atomic E-state index is 12.3. The number of halogens is 5. The van der Waals surface area contributed by atoms with Crippen LogP contribution in [0.4, 0.5) is 22.0 Å². The predicted octanol–water partition coefficient (Wildman–Crippen LogP) is 1.71. The number of ether oxygens (including phenoxy) is 1. The Kier molecular flexibility index (Phi) is 2.35. The van der Waals surface area contributed by atoms with Crippen LogP contribution in [-0.2, 0) is 4.74 Å². The van der Waals surface area contributed by atoms with Gasteiger partial charge in [-0.15, -0.1) is 0 Å². The SMILES string of the molecule is FCC(F)(O[CH2][Rf])C(F)(F)F. The molecule has 0 aromatic rings. The summed E-state index contributed by atoms with van der Waals surface area (Å²) >= 11 is 0. The van der Waals surface area contributed by atoms with Gasteiger partial charge in [0.1, 0.15) is 0 Å². The molecule has 11 heavy (non-hydrogen) atoms. The molecular formula is C4H4F5ORf. The molecule has 0 aliphatic carbocycles. The topological polar surface area (TPSA) is 9.23 Å². The molecule has 7 heteroatoms. The van der Waals surface area contributed by atoms with Gasteiger partial charge in [0.25, 0.3) is 0 Å². The first-order chi connectivity index (χ1) is 4.87. The molecule has 0 fully saturated rings. The third kappa shape index (κ3) is 1.76. The van der Waals surface area contributed by atoms with Gasteiger partial charge in [-0.05, 0) is 0 Å². The Balaban J connectivity index is 4.33. The molecule has 1 atom stereocenters. The second kappa shape index (κ2) is 2.69. The fourth-order valence-corrected chi connectivity index (χ4v) is 1.82. The van der Waals surface area contributed by atoms with Crippen molar-refractivity contribution in [2.75, 3.05) is 13.8 Å². The van der Waals surface area contributed by atoms with Crippen LogP contribution in [0.2, 0.25) is 0 Å². The molecule has 1 unspecified atom stereocenters. The minimum atomic E-state index is -5.27. The third-order valence-corrected chi connectivity index (χ3v) is 1.85. The van der Waals surface area contributed by atoms with Crippen LogP contribution < -0.4 is 0 Å². The second-order valence-corrected chi connectivity index (χ2v) is 3.56. The number of rotatable bonds is 3. The van der Waals surface area contributed by atoms with E-state index in [2.05, 4.69) is 4.74 Å². The summed E-state index contributed by atoms with van der Waals surface area (Å²) < 4.78 is 62.0. The number of alkyl halides is 5. The molecule has 0 rings (SSSR count). The van der Waals surface area contributed by atoms with Gasteiger partial charge in [0.2, 0.25) is 0 Å². The second-order valence-electron chi connectivity index (χ2n) is 1.71. The summed E-state index contributed by atoms with van der Waals surface area (Å²) in [5.41, 5.74) is 0. The normalized spacial score (nSPS) is 18.1. The van der Waals surface area contributed by atoms with E-state index in [4.69, 9.17) is 0 Å². The number of hydrogen-bond donors (Lipinski definition) is 0. The van der Waals surface area contributed by atoms with Crippen LogP contribution >= 0.6 is 0 Å². The molecule has 0 bridgehead atoms. The molecule has 0 saturated carbocycles. The van der Waals surface area contributed by atoms with E-state index < -0.39 is 18.7 Å². The first-order valence-corrected chi connectivity index (χ1v) is 7.14. The average Bonchev–Trinajstić information content (AvgIpc) is 1.86. The van der Waals surface area contributed by atoms with Crippen LogP contribution in [0.15, 0.2) is 0 Å². The van der Waals surface area contributed by atoms with Crippen molar-refractivity contribution in [3.63, 3.8) is 0 Å². The van der Waals surface area contributed by atoms with Gasteiger partial charge in [0, 0.05) is 0 Å². The van der Waals surface area contributed by atoms with Gasteiger partial charge in [-0.25, -0.2) is 0 Å². The quantitative estimate of drug-likeness (QED) is 0.620. The van der Waals surface area contributed by atoms with E-state index in [-0.39, 0.29) is 7.11 Å². The molecule has 0 aliphatic heterocycles. The molecule has 0 aliphatic rings. The van der Waals surface area contributed by atoms with E-state index in [0.717, 1.165) is 0 Å². The van der Waals surface area contributed by atoms with Gasteiger partial charge < -0.3 is 0 Å². The maximum absolute atomic E-state index is 12.3. The van der Waals surface area contributed by atoms with E-state index in [1.54, 1.807) is 0 Å². The molecule has 0 heterocycles. The molecular weight excluding hydrogens is 426 g/mol. The summed E-state index contributed by atoms with van der Waals surface area (Å²) in [5.74, 6) is -4.08. The Bertz CT molecular complexity index is 126. The van der Waals surface area contributed by atoms with Gasteiger partial charge in [-0.3, -0.25) is 0 Å². The van der Waals surface area contributed by atoms with Crippen molar-refractivity contribution in [2.45, 2.75) is 12.0 Å². The van der Waals surface area contributed by atoms with E-state index in [0.29, 0.717) is 0 Å². The van der Waals surface area contributed by atoms with Crippen LogP contribution in [0.25, 0.3) is 0 Å². The minimum absolute atomic E-state index is 0.236. The van der Waals surface area contributed by atoms with Crippen molar-refractivity contribution in [3.8, 4) is 0 Å². The molecule has 0 saturated heterocycles. The van der Waals surface area contributed by atoms with E-state index in [9.17, 15) is 22.0 Å². The monoisotopic (exact) mass is 430 g/mol. The molecule has 1 nitrogen and oxygen atoms in total. The van der Waals surface area contributed by atoms with Crippen molar-refractivity contribution in [3.05, 3.63) is 0 Å². The van der Waals surface area contributed by atoms with E-state index in [1.165, 1.54) is 0 Å². The average molecular weight is 430 g/mol. The summed E-state index contributed by atoms with van der Waals surface area (Å²) in [5, 5.41) is 0. The van der Waals surface area contributed by atoms with Gasteiger partial charge in [-0.2, -0.15) is 0 Å². The van der Waals surface area contributed by atoms with Crippen LogP contribution in [0, 0.1) is 0 Å². The first kappa shape index (κ1) is 9.61. The zero-order chi connectivity index (χ0) is 9.12. The molecule has 0 spiro atoms. The van der Waals surface area contributed by atoms with Crippen molar-refractivity contribution in [2.24, 2.45) is 0 Å². The summed E-state index contributed by atoms with van der Waals surface area (Å²) in [6.45, 7) is -2.18. The van der Waals surface area contributed by atoms with Crippen molar-refractivity contribution in [1.29, 1.82) is 0 Å². The van der Waals surface area contributed by atoms with Crippen LogP contribution in [-0.4, -0.2) is 25.8 Å². The molecule has 0 radical (unpaired) electrons. The number of hydrogen-bond acceptors (Lipinski definition) is 1. The third-order valence-electron chi connectivity index (χ3n) is 0.926. The molecule has 0 aromatic carbocycles. The Morgan fingerprint density at radius 2 is 1.64 bits per heavy atom. The molecule has 63 valence electrons. The predicted molar refractivity (Wildman–Crippen MR) is 21.8 cm³/mol. The first-order valence-electron chi connectivity index (χ1n) is 2.62. The Hall–Kier alpha value is -1.39. The van der Waals surface area contributed by atoms with Gasteiger partial charge in [-0.1, -0.05) is 0 Å². The van der Waals surface area contributed by atoms with Crippen LogP contribution in [0.1, 0.15) is 0 Å². The van der Waals surface area contributed by atoms with Gasteiger partial charge >= 0.3 is 52.5 Å². The fourth-order valence-electron chi connectivity index (χ4n) is 0.358. The summed E-state index contributed by atoms with van der Waals surface area (Å²) in [7, 11) is -0.319. The van der Waals surface area contributed by atoms with E-state index in [1.807, 2.05) is 0 Å². The molecule has 0 N–H and O–H groups in total. The molecule has 0 aromatic heterocycles. The van der Waals surface area contributed by atoms with Crippen molar-refractivity contribution < 1.29 is 26.7 Å².